The van der Waals surface area contributed by atoms with Crippen molar-refractivity contribution in [3.63, 3.8) is 0 Å². The van der Waals surface area contributed by atoms with Crippen LogP contribution < -0.4 is 4.74 Å². The zero-order valence-corrected chi connectivity index (χ0v) is 17.7. The first kappa shape index (κ1) is 19.7. The third-order valence-corrected chi connectivity index (χ3v) is 7.07. The molecule has 2 aliphatic rings. The first-order chi connectivity index (χ1) is 14.6. The first-order valence-electron chi connectivity index (χ1n) is 10.3. The van der Waals surface area contributed by atoms with Crippen molar-refractivity contribution < 1.29 is 18.4 Å². The van der Waals surface area contributed by atoms with Crippen molar-refractivity contribution in [3.05, 3.63) is 47.8 Å². The molecule has 1 aromatic carbocycles. The highest BCUT2D eigenvalue weighted by Crippen LogP contribution is 2.37. The zero-order valence-electron chi connectivity index (χ0n) is 16.9. The Balaban J connectivity index is 1.27. The lowest BCUT2D eigenvalue weighted by Gasteiger charge is -2.35. The average Bonchev–Trinajstić information content (AvgIpc) is 3.40. The van der Waals surface area contributed by atoms with E-state index in [0.29, 0.717) is 18.4 Å². The van der Waals surface area contributed by atoms with Gasteiger partial charge in [0.1, 0.15) is 5.75 Å². The third-order valence-electron chi connectivity index (χ3n) is 5.91. The van der Waals surface area contributed by atoms with Gasteiger partial charge < -0.3 is 19.2 Å². The topological polar surface area (TPSA) is 86.3 Å². The first-order valence-corrected chi connectivity index (χ1v) is 11.7. The average molecular weight is 428 g/mol. The fraction of sp³-hybridized carbons (Fsp3) is 0.455. The van der Waals surface area contributed by atoms with Gasteiger partial charge in [-0.15, -0.1) is 0 Å². The number of aromatic nitrogens is 3. The quantitative estimate of drug-likeness (QED) is 0.669. The van der Waals surface area contributed by atoms with E-state index < -0.39 is 10.8 Å². The maximum absolute atomic E-state index is 12.9. The number of fused-ring (bicyclic) bond motifs is 1. The van der Waals surface area contributed by atoms with E-state index in [9.17, 15) is 4.21 Å². The predicted molar refractivity (Wildman–Crippen MR) is 113 cm³/mol. The molecule has 2 aromatic heterocycles. The van der Waals surface area contributed by atoms with Gasteiger partial charge in [0.2, 0.25) is 0 Å². The van der Waals surface area contributed by atoms with Gasteiger partial charge in [0.15, 0.2) is 10.9 Å². The molecule has 0 amide bonds. The summed E-state index contributed by atoms with van der Waals surface area (Å²) in [6, 6.07) is 9.56. The number of nitrogens with zero attached hydrogens (tertiary/aromatic N) is 2. The second kappa shape index (κ2) is 8.09. The van der Waals surface area contributed by atoms with Crippen LogP contribution in [-0.2, 0) is 26.0 Å². The number of hydrogen-bond acceptors (Lipinski definition) is 6. The predicted octanol–water partition coefficient (Wildman–Crippen LogP) is 3.64. The van der Waals surface area contributed by atoms with Gasteiger partial charge in [-0.3, -0.25) is 9.19 Å². The Morgan fingerprint density at radius 2 is 1.97 bits per heavy atom. The fourth-order valence-electron chi connectivity index (χ4n) is 4.18. The van der Waals surface area contributed by atoms with Gasteiger partial charge in [0, 0.05) is 24.6 Å². The van der Waals surface area contributed by atoms with E-state index in [-0.39, 0.29) is 17.6 Å². The SMILES string of the molecule is Cc1c(OC2CCC3(CC2)OCCO3)ccnc1CS(=O)c1nc2ccccc2[nH]1. The molecule has 1 aliphatic heterocycles. The maximum atomic E-state index is 12.9. The Morgan fingerprint density at radius 1 is 1.20 bits per heavy atom. The second-order valence-corrected chi connectivity index (χ2v) is 9.22. The number of imidazole rings is 1. The Hall–Kier alpha value is -2.29. The molecule has 0 radical (unpaired) electrons. The Morgan fingerprint density at radius 3 is 2.73 bits per heavy atom. The molecule has 1 aliphatic carbocycles. The van der Waals surface area contributed by atoms with Crippen LogP contribution in [0, 0.1) is 6.92 Å². The second-order valence-electron chi connectivity index (χ2n) is 7.85. The molecule has 2 fully saturated rings. The van der Waals surface area contributed by atoms with Gasteiger partial charge in [-0.2, -0.15) is 0 Å². The summed E-state index contributed by atoms with van der Waals surface area (Å²) in [5.74, 6) is 0.705. The van der Waals surface area contributed by atoms with E-state index in [2.05, 4.69) is 15.0 Å². The van der Waals surface area contributed by atoms with Gasteiger partial charge in [0.05, 0.1) is 52.6 Å². The van der Waals surface area contributed by atoms with Crippen molar-refractivity contribution in [1.82, 2.24) is 15.0 Å². The molecule has 8 heteroatoms. The number of aromatic amines is 1. The lowest BCUT2D eigenvalue weighted by molar-refractivity contribution is -0.186. The molecule has 3 aromatic rings. The van der Waals surface area contributed by atoms with Crippen molar-refractivity contribution >= 4 is 21.8 Å². The standard InChI is InChI=1S/C22H25N3O4S/c1-15-19(14-30(26)21-24-17-4-2-3-5-18(17)25-21)23-11-8-20(15)29-16-6-9-22(10-7-16)27-12-13-28-22/h2-5,8,11,16H,6-7,9-10,12-14H2,1H3,(H,24,25). The molecule has 1 spiro atoms. The Kier molecular flexibility index (Phi) is 5.30. The minimum Gasteiger partial charge on any atom is -0.490 e. The highest BCUT2D eigenvalue weighted by Gasteiger charge is 2.41. The number of nitrogens with one attached hydrogen (secondary N) is 1. The molecule has 1 atom stereocenters. The van der Waals surface area contributed by atoms with Crippen molar-refractivity contribution in [2.24, 2.45) is 0 Å². The molecular weight excluding hydrogens is 402 g/mol. The van der Waals surface area contributed by atoms with Crippen LogP contribution in [0.15, 0.2) is 41.7 Å². The van der Waals surface area contributed by atoms with Crippen LogP contribution in [0.1, 0.15) is 36.9 Å². The Labute approximate surface area is 177 Å². The van der Waals surface area contributed by atoms with Gasteiger partial charge >= 0.3 is 0 Å². The monoisotopic (exact) mass is 427 g/mol. The molecule has 1 unspecified atom stereocenters. The third kappa shape index (κ3) is 3.87. The van der Waals surface area contributed by atoms with E-state index in [1.165, 1.54) is 0 Å². The number of para-hydroxylation sites is 2. The van der Waals surface area contributed by atoms with E-state index in [1.807, 2.05) is 37.3 Å². The molecule has 1 saturated carbocycles. The molecule has 1 saturated heterocycles. The minimum atomic E-state index is -1.32. The summed E-state index contributed by atoms with van der Waals surface area (Å²) >= 11 is 0. The number of rotatable bonds is 5. The van der Waals surface area contributed by atoms with Crippen LogP contribution in [0.2, 0.25) is 0 Å². The fourth-order valence-corrected chi connectivity index (χ4v) is 5.28. The smallest absolute Gasteiger partial charge is 0.197 e. The van der Waals surface area contributed by atoms with Crippen LogP contribution in [0.25, 0.3) is 11.0 Å². The molecule has 158 valence electrons. The lowest BCUT2D eigenvalue weighted by atomic mass is 9.91. The van der Waals surface area contributed by atoms with Crippen LogP contribution in [0.4, 0.5) is 0 Å². The molecule has 5 rings (SSSR count). The zero-order chi connectivity index (χ0) is 20.6. The molecule has 0 bridgehead atoms. The molecule has 1 N–H and O–H groups in total. The lowest BCUT2D eigenvalue weighted by Crippen LogP contribution is -2.38. The van der Waals surface area contributed by atoms with Gasteiger partial charge in [-0.25, -0.2) is 4.98 Å². The maximum Gasteiger partial charge on any atom is 0.197 e. The van der Waals surface area contributed by atoms with Crippen LogP contribution in [-0.4, -0.2) is 44.3 Å². The number of H-pyrrole nitrogens is 1. The molecular formula is C22H25N3O4S. The molecule has 7 nitrogen and oxygen atoms in total. The number of pyridine rings is 1. The van der Waals surface area contributed by atoms with Gasteiger partial charge in [-0.05, 0) is 38.0 Å². The summed E-state index contributed by atoms with van der Waals surface area (Å²) in [6.45, 7) is 3.34. The summed E-state index contributed by atoms with van der Waals surface area (Å²) < 4.78 is 30.8. The number of ether oxygens (including phenoxy) is 3. The largest absolute Gasteiger partial charge is 0.490 e. The normalized spacial score (nSPS) is 20.0. The van der Waals surface area contributed by atoms with Crippen LogP contribution in [0.5, 0.6) is 5.75 Å². The van der Waals surface area contributed by atoms with Crippen LogP contribution >= 0.6 is 0 Å². The summed E-state index contributed by atoms with van der Waals surface area (Å²) in [5, 5.41) is 0.470. The van der Waals surface area contributed by atoms with Crippen LogP contribution in [0.3, 0.4) is 0 Å². The van der Waals surface area contributed by atoms with Crippen molar-refractivity contribution in [2.45, 2.75) is 55.4 Å². The van der Waals surface area contributed by atoms with Gasteiger partial charge in [-0.1, -0.05) is 12.1 Å². The van der Waals surface area contributed by atoms with Crippen molar-refractivity contribution in [3.8, 4) is 5.75 Å². The van der Waals surface area contributed by atoms with Crippen molar-refractivity contribution in [1.29, 1.82) is 0 Å². The number of hydrogen-bond donors (Lipinski definition) is 1. The van der Waals surface area contributed by atoms with Gasteiger partial charge in [0.25, 0.3) is 0 Å². The highest BCUT2D eigenvalue weighted by molar-refractivity contribution is 7.84. The molecule has 30 heavy (non-hydrogen) atoms. The number of benzene rings is 1. The van der Waals surface area contributed by atoms with E-state index in [0.717, 1.165) is 53.7 Å². The summed E-state index contributed by atoms with van der Waals surface area (Å²) in [5.41, 5.74) is 3.39. The Bertz CT molecular complexity index is 1030. The van der Waals surface area contributed by atoms with Crippen molar-refractivity contribution in [2.75, 3.05) is 13.2 Å². The highest BCUT2D eigenvalue weighted by atomic mass is 32.2. The summed E-state index contributed by atoms with van der Waals surface area (Å²) in [7, 11) is -1.32. The minimum absolute atomic E-state index is 0.123. The summed E-state index contributed by atoms with van der Waals surface area (Å²) in [4.78, 5) is 12.1. The van der Waals surface area contributed by atoms with E-state index in [4.69, 9.17) is 14.2 Å². The molecule has 3 heterocycles. The van der Waals surface area contributed by atoms with E-state index in [1.54, 1.807) is 6.20 Å². The summed E-state index contributed by atoms with van der Waals surface area (Å²) in [6.07, 6.45) is 5.33. The van der Waals surface area contributed by atoms with E-state index >= 15 is 0 Å².